The second-order valence-corrected chi connectivity index (χ2v) is 10.6. The number of ether oxygens (including phenoxy) is 1. The fraction of sp³-hybridized carbons (Fsp3) is 0.417. The molecule has 1 saturated carbocycles. The normalized spacial score (nSPS) is 21.3. The number of allylic oxidation sites excluding steroid dienone is 1. The molecule has 1 saturated heterocycles. The Kier molecular flexibility index (Phi) is 7.42. The van der Waals surface area contributed by atoms with E-state index in [9.17, 15) is 18.5 Å². The molecule has 3 N–H and O–H groups in total. The molecular weight excluding hydrogens is 482 g/mol. The molecule has 11 nitrogen and oxygen atoms in total. The lowest BCUT2D eigenvalue weighted by Crippen LogP contribution is -2.51. The molecule has 1 aliphatic heterocycles. The molecule has 12 heteroatoms. The van der Waals surface area contributed by atoms with Gasteiger partial charge in [0.05, 0.1) is 19.3 Å². The number of nitrogens with zero attached hydrogens (tertiary/aromatic N) is 5. The smallest absolute Gasteiger partial charge is 0.233 e. The molecule has 2 aromatic heterocycles. The van der Waals surface area contributed by atoms with Gasteiger partial charge in [-0.05, 0) is 31.7 Å². The van der Waals surface area contributed by atoms with Crippen LogP contribution in [0.1, 0.15) is 36.8 Å². The SMILES string of the molecule is C=CS(=O)(=O)NC1CC(C(=O)N2CCC(N=C/C(=C\N)c3cc(OC)c4c(C#N)cnn4c3)CC2)C1. The number of nitrogens with two attached hydrogens (primary N) is 1. The van der Waals surface area contributed by atoms with E-state index in [1.54, 1.807) is 23.0 Å². The first-order chi connectivity index (χ1) is 17.3. The number of hydrogen-bond acceptors (Lipinski definition) is 8. The molecule has 1 aliphatic carbocycles. The number of nitrogens with one attached hydrogen (secondary N) is 1. The molecule has 0 atom stereocenters. The van der Waals surface area contributed by atoms with E-state index in [2.05, 4.69) is 22.5 Å². The van der Waals surface area contributed by atoms with Gasteiger partial charge in [-0.15, -0.1) is 0 Å². The van der Waals surface area contributed by atoms with Gasteiger partial charge in [0.15, 0.2) is 0 Å². The van der Waals surface area contributed by atoms with E-state index in [0.29, 0.717) is 48.3 Å². The molecule has 2 fully saturated rings. The van der Waals surface area contributed by atoms with Crippen molar-refractivity contribution in [2.45, 2.75) is 37.8 Å². The zero-order valence-electron chi connectivity index (χ0n) is 20.0. The number of piperidine rings is 1. The predicted molar refractivity (Wildman–Crippen MR) is 135 cm³/mol. The fourth-order valence-corrected chi connectivity index (χ4v) is 5.32. The van der Waals surface area contributed by atoms with Crippen molar-refractivity contribution in [3.8, 4) is 11.8 Å². The van der Waals surface area contributed by atoms with E-state index in [4.69, 9.17) is 15.5 Å². The Balaban J connectivity index is 1.33. The monoisotopic (exact) mass is 511 g/mol. The molecule has 0 aromatic carbocycles. The number of likely N-dealkylation sites (tertiary alicyclic amines) is 1. The Morgan fingerprint density at radius 2 is 2.11 bits per heavy atom. The number of nitriles is 1. The number of carbonyl (C=O) groups excluding carboxylic acids is 1. The maximum Gasteiger partial charge on any atom is 0.233 e. The second-order valence-electron chi connectivity index (χ2n) is 8.91. The molecule has 0 radical (unpaired) electrons. The maximum atomic E-state index is 12.8. The van der Waals surface area contributed by atoms with E-state index in [1.807, 2.05) is 4.90 Å². The number of pyridine rings is 1. The van der Waals surface area contributed by atoms with Crippen LogP contribution in [0.4, 0.5) is 0 Å². The summed E-state index contributed by atoms with van der Waals surface area (Å²) in [6, 6.07) is 3.75. The van der Waals surface area contributed by atoms with Gasteiger partial charge in [0.1, 0.15) is 22.9 Å². The number of hydrogen-bond donors (Lipinski definition) is 2. The Morgan fingerprint density at radius 1 is 1.39 bits per heavy atom. The predicted octanol–water partition coefficient (Wildman–Crippen LogP) is 1.42. The third-order valence-electron chi connectivity index (χ3n) is 6.67. The van der Waals surface area contributed by atoms with Crippen LogP contribution in [0.25, 0.3) is 11.1 Å². The summed E-state index contributed by atoms with van der Waals surface area (Å²) >= 11 is 0. The number of methoxy groups -OCH3 is 1. The van der Waals surface area contributed by atoms with Crippen molar-refractivity contribution < 1.29 is 17.9 Å². The summed E-state index contributed by atoms with van der Waals surface area (Å²) in [7, 11) is -1.94. The van der Waals surface area contributed by atoms with Crippen LogP contribution in [0.2, 0.25) is 0 Å². The highest BCUT2D eigenvalue weighted by molar-refractivity contribution is 7.92. The number of aliphatic imine (C=N–C) groups is 1. The first kappa shape index (κ1) is 25.4. The van der Waals surface area contributed by atoms with E-state index in [1.165, 1.54) is 19.5 Å². The van der Waals surface area contributed by atoms with Gasteiger partial charge in [-0.2, -0.15) is 10.4 Å². The molecule has 2 aliphatic rings. The van der Waals surface area contributed by atoms with Crippen molar-refractivity contribution in [1.82, 2.24) is 19.2 Å². The number of fused-ring (bicyclic) bond motifs is 1. The van der Waals surface area contributed by atoms with Gasteiger partial charge in [0.25, 0.3) is 0 Å². The minimum absolute atomic E-state index is 0.0538. The third-order valence-corrected chi connectivity index (χ3v) is 7.77. The number of sulfonamides is 1. The summed E-state index contributed by atoms with van der Waals surface area (Å²) in [4.78, 5) is 19.3. The Morgan fingerprint density at radius 3 is 2.72 bits per heavy atom. The summed E-state index contributed by atoms with van der Waals surface area (Å²) < 4.78 is 32.7. The van der Waals surface area contributed by atoms with Crippen LogP contribution in [0.5, 0.6) is 5.75 Å². The Bertz CT molecular complexity index is 1360. The van der Waals surface area contributed by atoms with Crippen LogP contribution in [0, 0.1) is 17.2 Å². The summed E-state index contributed by atoms with van der Waals surface area (Å²) in [5, 5.41) is 14.4. The summed E-state index contributed by atoms with van der Waals surface area (Å²) in [5.41, 5.74) is 8.32. The zero-order valence-corrected chi connectivity index (χ0v) is 20.8. The van der Waals surface area contributed by atoms with E-state index < -0.39 is 10.0 Å². The standard InChI is InChI=1S/C24H29N7O4S/c1-3-36(33,34)29-21-8-16(9-21)24(32)30-6-4-20(5-7-30)27-13-18(11-25)17-10-22(35-2)23-19(12-26)14-28-31(23)15-17/h3,10-11,13-16,20-21,29H,1,4-9,25H2,2H3/b18-11+,27-13?. The minimum Gasteiger partial charge on any atom is -0.494 e. The molecule has 0 unspecified atom stereocenters. The molecular formula is C24H29N7O4S. The number of aromatic nitrogens is 2. The average molecular weight is 512 g/mol. The average Bonchev–Trinajstić information content (AvgIpc) is 3.29. The van der Waals surface area contributed by atoms with Crippen molar-refractivity contribution in [3.63, 3.8) is 0 Å². The molecule has 0 spiro atoms. The highest BCUT2D eigenvalue weighted by atomic mass is 32.2. The van der Waals surface area contributed by atoms with Crippen LogP contribution in [0.15, 0.2) is 41.6 Å². The number of carbonyl (C=O) groups is 1. The quantitative estimate of drug-likeness (QED) is 0.508. The largest absolute Gasteiger partial charge is 0.494 e. The van der Waals surface area contributed by atoms with Crippen molar-refractivity contribution in [2.75, 3.05) is 20.2 Å². The minimum atomic E-state index is -3.48. The van der Waals surface area contributed by atoms with Crippen molar-refractivity contribution in [1.29, 1.82) is 5.26 Å². The van der Waals surface area contributed by atoms with Crippen LogP contribution >= 0.6 is 0 Å². The van der Waals surface area contributed by atoms with Gasteiger partial charge >= 0.3 is 0 Å². The van der Waals surface area contributed by atoms with Gasteiger partial charge < -0.3 is 15.4 Å². The maximum absolute atomic E-state index is 12.8. The molecule has 1 amide bonds. The molecule has 36 heavy (non-hydrogen) atoms. The molecule has 4 rings (SSSR count). The molecule has 190 valence electrons. The Labute approximate surface area is 210 Å². The lowest BCUT2D eigenvalue weighted by molar-refractivity contribution is -0.139. The van der Waals surface area contributed by atoms with Crippen LogP contribution in [-0.4, -0.2) is 67.3 Å². The van der Waals surface area contributed by atoms with Crippen molar-refractivity contribution >= 4 is 33.2 Å². The van der Waals surface area contributed by atoms with Crippen LogP contribution in [0.3, 0.4) is 0 Å². The summed E-state index contributed by atoms with van der Waals surface area (Å²) in [6.07, 6.45) is 8.92. The van der Waals surface area contributed by atoms with Crippen LogP contribution in [-0.2, 0) is 14.8 Å². The first-order valence-electron chi connectivity index (χ1n) is 11.6. The highest BCUT2D eigenvalue weighted by Crippen LogP contribution is 2.31. The highest BCUT2D eigenvalue weighted by Gasteiger charge is 2.39. The zero-order chi connectivity index (χ0) is 25.9. The lowest BCUT2D eigenvalue weighted by Gasteiger charge is -2.39. The first-order valence-corrected chi connectivity index (χ1v) is 13.2. The third kappa shape index (κ3) is 5.27. The van der Waals surface area contributed by atoms with Gasteiger partial charge in [0.2, 0.25) is 15.9 Å². The topological polar surface area (TPSA) is 155 Å². The Hall–Kier alpha value is -3.69. The molecule has 2 aromatic rings. The van der Waals surface area contributed by atoms with Gasteiger partial charge in [-0.3, -0.25) is 9.79 Å². The second kappa shape index (κ2) is 10.5. The summed E-state index contributed by atoms with van der Waals surface area (Å²) in [5.74, 6) is 0.435. The molecule has 0 bridgehead atoms. The number of amides is 1. The van der Waals surface area contributed by atoms with Gasteiger partial charge in [0, 0.05) is 60.2 Å². The van der Waals surface area contributed by atoms with Crippen LogP contribution < -0.4 is 15.2 Å². The van der Waals surface area contributed by atoms with Crippen molar-refractivity contribution in [2.24, 2.45) is 16.6 Å². The van der Waals surface area contributed by atoms with E-state index in [0.717, 1.165) is 23.8 Å². The van der Waals surface area contributed by atoms with Crippen molar-refractivity contribution in [3.05, 3.63) is 47.8 Å². The molecule has 3 heterocycles. The summed E-state index contributed by atoms with van der Waals surface area (Å²) in [6.45, 7) is 4.49. The lowest BCUT2D eigenvalue weighted by atomic mass is 9.79. The van der Waals surface area contributed by atoms with E-state index >= 15 is 0 Å². The van der Waals surface area contributed by atoms with Gasteiger partial charge in [-0.25, -0.2) is 17.7 Å². The fourth-order valence-electron chi connectivity index (χ4n) is 4.57. The van der Waals surface area contributed by atoms with E-state index in [-0.39, 0.29) is 23.9 Å². The number of rotatable bonds is 8. The van der Waals surface area contributed by atoms with Gasteiger partial charge in [-0.1, -0.05) is 6.58 Å².